The lowest BCUT2D eigenvalue weighted by Crippen LogP contribution is -2.64. The van der Waals surface area contributed by atoms with E-state index in [-0.39, 0.29) is 5.75 Å². The second-order valence-electron chi connectivity index (χ2n) is 2.67. The van der Waals surface area contributed by atoms with Crippen LogP contribution in [-0.4, -0.2) is 39.8 Å². The molecule has 0 aromatic rings. The zero-order chi connectivity index (χ0) is 8.32. The third-order valence-electron chi connectivity index (χ3n) is 1.73. The molecule has 66 valence electrons. The Morgan fingerprint density at radius 2 is 2.36 bits per heavy atom. The van der Waals surface area contributed by atoms with Crippen LogP contribution in [0.5, 0.6) is 0 Å². The van der Waals surface area contributed by atoms with Gasteiger partial charge in [0.25, 0.3) is 0 Å². The van der Waals surface area contributed by atoms with Crippen molar-refractivity contribution in [3.63, 3.8) is 0 Å². The van der Waals surface area contributed by atoms with E-state index in [1.54, 1.807) is 0 Å². The monoisotopic (exact) mass is 178 g/mol. The number of ether oxygens (including phenoxy) is 1. The maximum Gasteiger partial charge on any atom is 0.103 e. The van der Waals surface area contributed by atoms with Crippen LogP contribution in [0.4, 0.5) is 0 Å². The molecule has 0 aromatic heterocycles. The zero-order valence-corrected chi connectivity index (χ0v) is 7.28. The highest BCUT2D eigenvalue weighted by molar-refractivity contribution is 7.79. The summed E-state index contributed by atoms with van der Waals surface area (Å²) in [4.78, 5) is 0. The number of hydrogen-bond donors (Lipinski definition) is 1. The van der Waals surface area contributed by atoms with Crippen molar-refractivity contribution in [3.05, 3.63) is 0 Å². The van der Waals surface area contributed by atoms with Crippen molar-refractivity contribution in [1.82, 2.24) is 5.32 Å². The van der Waals surface area contributed by atoms with Crippen molar-refractivity contribution < 1.29 is 13.5 Å². The highest BCUT2D eigenvalue weighted by atomic mass is 32.2. The van der Waals surface area contributed by atoms with Gasteiger partial charge in [-0.15, -0.1) is 0 Å². The first-order chi connectivity index (χ1) is 5.18. The van der Waals surface area contributed by atoms with E-state index < -0.39 is 16.7 Å². The lowest BCUT2D eigenvalue weighted by molar-refractivity contribution is -0.0580. The molecule has 1 saturated heterocycles. The summed E-state index contributed by atoms with van der Waals surface area (Å²) < 4.78 is 26.1. The molecule has 1 unspecified atom stereocenters. The molecule has 0 aromatic carbocycles. The molecular formula is C6H12NO3S-. The lowest BCUT2D eigenvalue weighted by Gasteiger charge is -2.42. The first-order valence-corrected chi connectivity index (χ1v) is 4.83. The van der Waals surface area contributed by atoms with Gasteiger partial charge in [-0.3, -0.25) is 4.21 Å². The fourth-order valence-electron chi connectivity index (χ4n) is 1.17. The maximum atomic E-state index is 10.4. The minimum absolute atomic E-state index is 0.105. The molecule has 1 aliphatic heterocycles. The molecule has 1 aliphatic rings. The third-order valence-corrected chi connectivity index (χ3v) is 2.49. The predicted molar refractivity (Wildman–Crippen MR) is 41.0 cm³/mol. The summed E-state index contributed by atoms with van der Waals surface area (Å²) in [5.41, 5.74) is -0.429. The highest BCUT2D eigenvalue weighted by Crippen LogP contribution is 2.17. The Morgan fingerprint density at radius 3 is 2.64 bits per heavy atom. The Bertz CT molecular complexity index is 158. The molecule has 1 heterocycles. The van der Waals surface area contributed by atoms with E-state index in [0.29, 0.717) is 19.7 Å². The molecule has 0 bridgehead atoms. The van der Waals surface area contributed by atoms with E-state index in [0.717, 1.165) is 0 Å². The molecule has 0 aliphatic carbocycles. The molecule has 0 spiro atoms. The zero-order valence-electron chi connectivity index (χ0n) is 6.46. The van der Waals surface area contributed by atoms with Crippen LogP contribution in [0.3, 0.4) is 0 Å². The van der Waals surface area contributed by atoms with Crippen LogP contribution in [0.1, 0.15) is 6.92 Å². The standard InChI is InChI=1S/C6H13NO3S/c1-2-10-6(3-7-4-6)5-11(8)9/h7H,2-5H2,1H3,(H,8,9)/p-1. The van der Waals surface area contributed by atoms with Crippen molar-refractivity contribution in [1.29, 1.82) is 0 Å². The van der Waals surface area contributed by atoms with Gasteiger partial charge in [-0.25, -0.2) is 0 Å². The van der Waals surface area contributed by atoms with Gasteiger partial charge in [0.15, 0.2) is 0 Å². The molecule has 11 heavy (non-hydrogen) atoms. The van der Waals surface area contributed by atoms with Gasteiger partial charge in [-0.2, -0.15) is 0 Å². The molecule has 1 rings (SSSR count). The third kappa shape index (κ3) is 2.23. The van der Waals surface area contributed by atoms with Crippen molar-refractivity contribution in [3.8, 4) is 0 Å². The predicted octanol–water partition coefficient (Wildman–Crippen LogP) is -0.756. The topological polar surface area (TPSA) is 61.4 Å². The van der Waals surface area contributed by atoms with E-state index >= 15 is 0 Å². The van der Waals surface area contributed by atoms with Crippen LogP contribution in [0.25, 0.3) is 0 Å². The fraction of sp³-hybridized carbons (Fsp3) is 1.00. The molecule has 0 amide bonds. The Kier molecular flexibility index (Phi) is 3.00. The summed E-state index contributed by atoms with van der Waals surface area (Å²) in [5, 5.41) is 2.99. The van der Waals surface area contributed by atoms with Gasteiger partial charge >= 0.3 is 0 Å². The summed E-state index contributed by atoms with van der Waals surface area (Å²) >= 11 is -2.00. The fourth-order valence-corrected chi connectivity index (χ4v) is 1.89. The van der Waals surface area contributed by atoms with Crippen LogP contribution in [0.2, 0.25) is 0 Å². The minimum atomic E-state index is -2.00. The highest BCUT2D eigenvalue weighted by Gasteiger charge is 2.37. The maximum absolute atomic E-state index is 10.4. The Labute approximate surface area is 68.6 Å². The van der Waals surface area contributed by atoms with E-state index in [9.17, 15) is 8.76 Å². The van der Waals surface area contributed by atoms with Crippen LogP contribution < -0.4 is 5.32 Å². The van der Waals surface area contributed by atoms with Gasteiger partial charge in [-0.1, -0.05) is 11.1 Å². The van der Waals surface area contributed by atoms with Gasteiger partial charge < -0.3 is 14.6 Å². The summed E-state index contributed by atoms with van der Waals surface area (Å²) in [7, 11) is 0. The quantitative estimate of drug-likeness (QED) is 0.575. The molecule has 1 N–H and O–H groups in total. The van der Waals surface area contributed by atoms with Crippen molar-refractivity contribution in [2.45, 2.75) is 12.5 Å². The molecule has 1 atom stereocenters. The van der Waals surface area contributed by atoms with Crippen LogP contribution in [0.15, 0.2) is 0 Å². The largest absolute Gasteiger partial charge is 0.772 e. The summed E-state index contributed by atoms with van der Waals surface area (Å²) in [6.07, 6.45) is 0. The van der Waals surface area contributed by atoms with Gasteiger partial charge in [0.05, 0.1) is 0 Å². The van der Waals surface area contributed by atoms with E-state index in [2.05, 4.69) is 5.32 Å². The Morgan fingerprint density at radius 1 is 1.73 bits per heavy atom. The average Bonchev–Trinajstić information content (AvgIpc) is 1.82. The average molecular weight is 178 g/mol. The first kappa shape index (κ1) is 9.12. The summed E-state index contributed by atoms with van der Waals surface area (Å²) in [6, 6.07) is 0. The smallest absolute Gasteiger partial charge is 0.103 e. The second-order valence-corrected chi connectivity index (χ2v) is 3.56. The van der Waals surface area contributed by atoms with Crippen LogP contribution >= 0.6 is 0 Å². The molecule has 1 fully saturated rings. The van der Waals surface area contributed by atoms with E-state index in [4.69, 9.17) is 4.74 Å². The van der Waals surface area contributed by atoms with E-state index in [1.807, 2.05) is 6.92 Å². The Hall–Kier alpha value is 0.0300. The molecule has 0 saturated carbocycles. The second kappa shape index (κ2) is 3.62. The summed E-state index contributed by atoms with van der Waals surface area (Å²) in [6.45, 7) is 3.73. The van der Waals surface area contributed by atoms with Gasteiger partial charge in [0.2, 0.25) is 0 Å². The first-order valence-electron chi connectivity index (χ1n) is 3.59. The van der Waals surface area contributed by atoms with Crippen LogP contribution in [0, 0.1) is 0 Å². The van der Waals surface area contributed by atoms with Crippen molar-refractivity contribution in [2.24, 2.45) is 0 Å². The van der Waals surface area contributed by atoms with Crippen molar-refractivity contribution >= 4 is 11.1 Å². The van der Waals surface area contributed by atoms with Crippen LogP contribution in [-0.2, 0) is 15.8 Å². The number of nitrogens with one attached hydrogen (secondary N) is 1. The van der Waals surface area contributed by atoms with Gasteiger partial charge in [-0.05, 0) is 6.92 Å². The molecule has 5 heteroatoms. The van der Waals surface area contributed by atoms with Gasteiger partial charge in [0.1, 0.15) is 5.60 Å². The lowest BCUT2D eigenvalue weighted by atomic mass is 10.00. The summed E-state index contributed by atoms with van der Waals surface area (Å²) in [5.74, 6) is 0.105. The minimum Gasteiger partial charge on any atom is -0.772 e. The van der Waals surface area contributed by atoms with Crippen molar-refractivity contribution in [2.75, 3.05) is 25.4 Å². The molecular weight excluding hydrogens is 166 g/mol. The SMILES string of the molecule is CCOC1(CS(=O)[O-])CNC1. The number of hydrogen-bond acceptors (Lipinski definition) is 4. The normalized spacial score (nSPS) is 24.2. The molecule has 4 nitrogen and oxygen atoms in total. The Balaban J connectivity index is 2.39. The number of rotatable bonds is 4. The van der Waals surface area contributed by atoms with Gasteiger partial charge in [0, 0.05) is 25.4 Å². The molecule has 0 radical (unpaired) electrons. The van der Waals surface area contributed by atoms with E-state index in [1.165, 1.54) is 0 Å².